The lowest BCUT2D eigenvalue weighted by atomic mass is 9.45. The molecule has 6 fully saturated rings. The minimum atomic E-state index is -1.13. The number of hydrogen-bond donors (Lipinski definition) is 2. The van der Waals surface area contributed by atoms with Crippen molar-refractivity contribution in [2.45, 2.75) is 137 Å². The van der Waals surface area contributed by atoms with Gasteiger partial charge in [0.05, 0.1) is 17.8 Å². The first-order chi connectivity index (χ1) is 17.7. The average molecular weight is 530 g/mol. The van der Waals surface area contributed by atoms with Crippen LogP contribution in [0.15, 0.2) is 0 Å². The van der Waals surface area contributed by atoms with Crippen molar-refractivity contribution in [2.24, 2.45) is 57.2 Å². The van der Waals surface area contributed by atoms with Crippen molar-refractivity contribution in [2.75, 3.05) is 7.05 Å². The van der Waals surface area contributed by atoms with Gasteiger partial charge in [-0.2, -0.15) is 0 Å². The van der Waals surface area contributed by atoms with E-state index in [1.54, 1.807) is 13.8 Å². The highest BCUT2D eigenvalue weighted by Gasteiger charge is 2.84. The van der Waals surface area contributed by atoms with Gasteiger partial charge >= 0.3 is 5.97 Å². The normalized spacial score (nSPS) is 53.5. The number of esters is 1. The predicted molar refractivity (Wildman–Crippen MR) is 149 cm³/mol. The van der Waals surface area contributed by atoms with Gasteiger partial charge in [0, 0.05) is 13.0 Å². The summed E-state index contributed by atoms with van der Waals surface area (Å²) in [6, 6.07) is 0.634. The molecule has 0 amide bonds. The number of carbonyl (C=O) groups excluding carboxylic acids is 1. The Morgan fingerprint density at radius 1 is 1.03 bits per heavy atom. The number of rotatable bonds is 4. The van der Waals surface area contributed by atoms with Crippen LogP contribution in [-0.2, 0) is 14.3 Å². The van der Waals surface area contributed by atoms with E-state index in [1.807, 2.05) is 0 Å². The second-order valence-corrected chi connectivity index (χ2v) is 16.2. The minimum absolute atomic E-state index is 0.202. The maximum Gasteiger partial charge on any atom is 0.303 e. The van der Waals surface area contributed by atoms with E-state index in [1.165, 1.54) is 45.4 Å². The molecule has 6 rings (SSSR count). The molecule has 13 unspecified atom stereocenters. The Morgan fingerprint density at radius 3 is 2.37 bits per heavy atom. The summed E-state index contributed by atoms with van der Waals surface area (Å²) in [6.07, 6.45) is 9.56. The van der Waals surface area contributed by atoms with Gasteiger partial charge in [0.15, 0.2) is 6.10 Å². The molecule has 1 aliphatic heterocycles. The molecule has 5 nitrogen and oxygen atoms in total. The van der Waals surface area contributed by atoms with Gasteiger partial charge < -0.3 is 19.9 Å². The first-order valence-corrected chi connectivity index (χ1v) is 15.9. The Morgan fingerprint density at radius 2 is 1.74 bits per heavy atom. The fourth-order valence-electron chi connectivity index (χ4n) is 13.2. The molecule has 0 bridgehead atoms. The Kier molecular flexibility index (Phi) is 6.11. The zero-order valence-corrected chi connectivity index (χ0v) is 25.6. The van der Waals surface area contributed by atoms with Gasteiger partial charge in [-0.15, -0.1) is 0 Å². The van der Waals surface area contributed by atoms with Gasteiger partial charge in [0.2, 0.25) is 0 Å². The Bertz CT molecular complexity index is 973. The third-order valence-corrected chi connectivity index (χ3v) is 14.3. The maximum absolute atomic E-state index is 11.9. The fourth-order valence-corrected chi connectivity index (χ4v) is 13.2. The average Bonchev–Trinajstić information content (AvgIpc) is 3.17. The van der Waals surface area contributed by atoms with Crippen LogP contribution in [0.5, 0.6) is 0 Å². The Hall–Kier alpha value is -0.650. The number of aliphatic hydroxyl groups is 1. The third-order valence-electron chi connectivity index (χ3n) is 14.3. The van der Waals surface area contributed by atoms with Crippen LogP contribution in [0.25, 0.3) is 0 Å². The van der Waals surface area contributed by atoms with Crippen LogP contribution in [0.3, 0.4) is 0 Å². The van der Waals surface area contributed by atoms with Gasteiger partial charge in [0.25, 0.3) is 0 Å². The zero-order chi connectivity index (χ0) is 27.6. The van der Waals surface area contributed by atoms with Gasteiger partial charge in [-0.1, -0.05) is 34.6 Å². The molecule has 0 radical (unpaired) electrons. The number of carbonyl (C=O) groups is 1. The van der Waals surface area contributed by atoms with Crippen molar-refractivity contribution < 1.29 is 19.4 Å². The second-order valence-electron chi connectivity index (χ2n) is 16.2. The third kappa shape index (κ3) is 3.30. The molecule has 5 aliphatic carbocycles. The van der Waals surface area contributed by atoms with Crippen LogP contribution in [0.2, 0.25) is 0 Å². The summed E-state index contributed by atoms with van der Waals surface area (Å²) in [6.45, 7) is 17.7. The molecule has 5 heteroatoms. The molecule has 216 valence electrons. The standard InChI is InChI=1S/C33H55NO4/c1-18-16-24(28(30(6,7)36)37-20(3)35)38-23-17-22-21-10-11-25-29(4,5)26(34-9)12-13-33(25)19(2)32(21,33)15-14-31(22,8)27(18)23/h18-19,21-28,34,36H,10-17H2,1-9H3. The smallest absolute Gasteiger partial charge is 0.303 e. The summed E-state index contributed by atoms with van der Waals surface area (Å²) in [4.78, 5) is 11.9. The fraction of sp³-hybridized carbons (Fsp3) is 0.970. The van der Waals surface area contributed by atoms with Crippen LogP contribution in [0.4, 0.5) is 0 Å². The highest BCUT2D eigenvalue weighted by atomic mass is 16.6. The quantitative estimate of drug-likeness (QED) is 0.439. The molecule has 5 saturated carbocycles. The molecular formula is C33H55NO4. The van der Waals surface area contributed by atoms with E-state index in [0.717, 1.165) is 36.5 Å². The number of ether oxygens (including phenoxy) is 2. The summed E-state index contributed by atoms with van der Waals surface area (Å²) < 4.78 is 12.6. The van der Waals surface area contributed by atoms with Crippen molar-refractivity contribution in [3.05, 3.63) is 0 Å². The lowest BCUT2D eigenvalue weighted by molar-refractivity contribution is -0.208. The molecule has 6 aliphatic rings. The molecule has 0 aromatic carbocycles. The van der Waals surface area contributed by atoms with E-state index in [4.69, 9.17) is 9.47 Å². The Balaban J connectivity index is 1.29. The van der Waals surface area contributed by atoms with Crippen molar-refractivity contribution in [3.8, 4) is 0 Å². The summed E-state index contributed by atoms with van der Waals surface area (Å²) in [5.41, 5.74) is 0.617. The molecule has 2 N–H and O–H groups in total. The molecule has 1 heterocycles. The van der Waals surface area contributed by atoms with Crippen molar-refractivity contribution in [3.63, 3.8) is 0 Å². The summed E-state index contributed by atoms with van der Waals surface area (Å²) in [5, 5.41) is 14.6. The number of fused-ring (bicyclic) bond motifs is 4. The van der Waals surface area contributed by atoms with E-state index in [0.29, 0.717) is 39.5 Å². The summed E-state index contributed by atoms with van der Waals surface area (Å²) >= 11 is 0. The Labute approximate surface area is 231 Å². The van der Waals surface area contributed by atoms with Crippen LogP contribution in [0.1, 0.15) is 107 Å². The van der Waals surface area contributed by atoms with E-state index < -0.39 is 11.7 Å². The highest BCUT2D eigenvalue weighted by Crippen LogP contribution is 2.89. The van der Waals surface area contributed by atoms with Crippen molar-refractivity contribution in [1.82, 2.24) is 5.32 Å². The van der Waals surface area contributed by atoms with E-state index in [9.17, 15) is 9.90 Å². The lowest BCUT2D eigenvalue weighted by Gasteiger charge is -2.60. The van der Waals surface area contributed by atoms with Gasteiger partial charge in [-0.05, 0) is 129 Å². The van der Waals surface area contributed by atoms with Crippen LogP contribution < -0.4 is 5.32 Å². The topological polar surface area (TPSA) is 67.8 Å². The van der Waals surface area contributed by atoms with Gasteiger partial charge in [-0.25, -0.2) is 0 Å². The van der Waals surface area contributed by atoms with Crippen molar-refractivity contribution in [1.29, 1.82) is 0 Å². The zero-order valence-electron chi connectivity index (χ0n) is 25.6. The molecule has 0 aromatic rings. The van der Waals surface area contributed by atoms with Crippen LogP contribution in [0, 0.1) is 57.2 Å². The molecule has 2 spiro atoms. The minimum Gasteiger partial charge on any atom is -0.457 e. The molecule has 38 heavy (non-hydrogen) atoms. The second kappa shape index (κ2) is 8.44. The first-order valence-electron chi connectivity index (χ1n) is 15.9. The first kappa shape index (κ1) is 27.5. The van der Waals surface area contributed by atoms with Gasteiger partial charge in [0.1, 0.15) is 0 Å². The van der Waals surface area contributed by atoms with Crippen LogP contribution >= 0.6 is 0 Å². The van der Waals surface area contributed by atoms with Crippen LogP contribution in [-0.4, -0.2) is 48.1 Å². The predicted octanol–water partition coefficient (Wildman–Crippen LogP) is 5.98. The lowest BCUT2D eigenvalue weighted by Crippen LogP contribution is -2.57. The molecular weight excluding hydrogens is 474 g/mol. The highest BCUT2D eigenvalue weighted by molar-refractivity contribution is 5.66. The summed E-state index contributed by atoms with van der Waals surface area (Å²) in [7, 11) is 2.17. The monoisotopic (exact) mass is 529 g/mol. The maximum atomic E-state index is 11.9. The molecule has 0 aromatic heterocycles. The van der Waals surface area contributed by atoms with Gasteiger partial charge in [-0.3, -0.25) is 4.79 Å². The largest absolute Gasteiger partial charge is 0.457 e. The van der Waals surface area contributed by atoms with Crippen molar-refractivity contribution >= 4 is 5.97 Å². The molecule has 1 saturated heterocycles. The van der Waals surface area contributed by atoms with E-state index >= 15 is 0 Å². The van der Waals surface area contributed by atoms with E-state index in [-0.39, 0.29) is 18.2 Å². The molecule has 13 atom stereocenters. The number of hydrogen-bond acceptors (Lipinski definition) is 5. The summed E-state index contributed by atoms with van der Waals surface area (Å²) in [5.74, 6) is 3.91. The number of nitrogens with one attached hydrogen (secondary N) is 1. The van der Waals surface area contributed by atoms with E-state index in [2.05, 4.69) is 47.0 Å². The SMILES string of the molecule is CNC1CCC23C(CCC4C5CC6OC(C(OC(C)=O)C(C)(C)O)CC(C)C6C5(C)CCC42C3C)C1(C)C.